The molecule has 3 rings (SSSR count). The van der Waals surface area contributed by atoms with E-state index < -0.39 is 0 Å². The molecule has 6 nitrogen and oxygen atoms in total. The normalized spacial score (nSPS) is 18.7. The zero-order valence-electron chi connectivity index (χ0n) is 11.9. The van der Waals surface area contributed by atoms with E-state index in [0.29, 0.717) is 12.1 Å². The summed E-state index contributed by atoms with van der Waals surface area (Å²) in [5.74, 6) is -0.0465. The first-order valence-corrected chi connectivity index (χ1v) is 7.13. The number of nitrogens with zero attached hydrogens (tertiary/aromatic N) is 2. The number of likely N-dealkylation sites (tertiary alicyclic amines) is 1. The summed E-state index contributed by atoms with van der Waals surface area (Å²) in [5.41, 5.74) is 2.35. The Hall–Kier alpha value is -2.37. The third-order valence-electron chi connectivity index (χ3n) is 3.78. The SMILES string of the molecule is CC(=O)N[C@H]1CCCN(C(=O)c2ccc3nc[nH]c3c2)C1. The number of fused-ring (bicyclic) bond motifs is 1. The highest BCUT2D eigenvalue weighted by Crippen LogP contribution is 2.17. The van der Waals surface area contributed by atoms with E-state index >= 15 is 0 Å². The van der Waals surface area contributed by atoms with Crippen LogP contribution in [0.15, 0.2) is 24.5 Å². The van der Waals surface area contributed by atoms with E-state index in [-0.39, 0.29) is 17.9 Å². The van der Waals surface area contributed by atoms with Crippen molar-refractivity contribution in [2.45, 2.75) is 25.8 Å². The Morgan fingerprint density at radius 2 is 2.29 bits per heavy atom. The number of aromatic nitrogens is 2. The van der Waals surface area contributed by atoms with Crippen LogP contribution in [0.5, 0.6) is 0 Å². The summed E-state index contributed by atoms with van der Waals surface area (Å²) >= 11 is 0. The monoisotopic (exact) mass is 286 g/mol. The van der Waals surface area contributed by atoms with Crippen LogP contribution in [0, 0.1) is 0 Å². The van der Waals surface area contributed by atoms with E-state index in [1.165, 1.54) is 6.92 Å². The summed E-state index contributed by atoms with van der Waals surface area (Å²) < 4.78 is 0. The highest BCUT2D eigenvalue weighted by molar-refractivity contribution is 5.97. The summed E-state index contributed by atoms with van der Waals surface area (Å²) in [6.07, 6.45) is 3.44. The molecule has 0 spiro atoms. The van der Waals surface area contributed by atoms with Crippen molar-refractivity contribution in [2.24, 2.45) is 0 Å². The molecule has 1 atom stereocenters. The molecule has 0 radical (unpaired) electrons. The molecule has 2 amide bonds. The van der Waals surface area contributed by atoms with Gasteiger partial charge in [-0.15, -0.1) is 0 Å². The maximum atomic E-state index is 12.6. The van der Waals surface area contributed by atoms with Gasteiger partial charge in [0.05, 0.1) is 17.4 Å². The molecule has 1 saturated heterocycles. The first-order chi connectivity index (χ1) is 10.1. The Morgan fingerprint density at radius 1 is 1.43 bits per heavy atom. The summed E-state index contributed by atoms with van der Waals surface area (Å²) in [6.45, 7) is 2.81. The minimum absolute atomic E-state index is 0.00144. The number of piperidine rings is 1. The number of imidazole rings is 1. The maximum absolute atomic E-state index is 12.6. The highest BCUT2D eigenvalue weighted by Gasteiger charge is 2.25. The van der Waals surface area contributed by atoms with Crippen molar-refractivity contribution in [3.63, 3.8) is 0 Å². The summed E-state index contributed by atoms with van der Waals surface area (Å²) in [4.78, 5) is 32.7. The molecule has 0 unspecified atom stereocenters. The first kappa shape index (κ1) is 13.6. The zero-order chi connectivity index (χ0) is 14.8. The van der Waals surface area contributed by atoms with Crippen molar-refractivity contribution < 1.29 is 9.59 Å². The fourth-order valence-corrected chi connectivity index (χ4v) is 2.82. The lowest BCUT2D eigenvalue weighted by Gasteiger charge is -2.33. The van der Waals surface area contributed by atoms with Crippen molar-refractivity contribution in [3.8, 4) is 0 Å². The van der Waals surface area contributed by atoms with Gasteiger partial charge in [0.1, 0.15) is 0 Å². The molecular weight excluding hydrogens is 268 g/mol. The number of carbonyl (C=O) groups excluding carboxylic acids is 2. The topological polar surface area (TPSA) is 78.1 Å². The van der Waals surface area contributed by atoms with Crippen LogP contribution in [0.3, 0.4) is 0 Å². The van der Waals surface area contributed by atoms with Crippen LogP contribution >= 0.6 is 0 Å². The van der Waals surface area contributed by atoms with Crippen LogP contribution in [0.1, 0.15) is 30.1 Å². The van der Waals surface area contributed by atoms with Crippen molar-refractivity contribution in [2.75, 3.05) is 13.1 Å². The van der Waals surface area contributed by atoms with Gasteiger partial charge in [0.15, 0.2) is 0 Å². The van der Waals surface area contributed by atoms with Gasteiger partial charge in [-0.1, -0.05) is 0 Å². The van der Waals surface area contributed by atoms with Gasteiger partial charge < -0.3 is 15.2 Å². The number of hydrogen-bond donors (Lipinski definition) is 2. The van der Waals surface area contributed by atoms with Crippen LogP contribution < -0.4 is 5.32 Å². The largest absolute Gasteiger partial charge is 0.352 e. The van der Waals surface area contributed by atoms with E-state index in [2.05, 4.69) is 15.3 Å². The molecular formula is C15H18N4O2. The van der Waals surface area contributed by atoms with Gasteiger partial charge >= 0.3 is 0 Å². The lowest BCUT2D eigenvalue weighted by atomic mass is 10.0. The number of benzene rings is 1. The van der Waals surface area contributed by atoms with Crippen LogP contribution in [-0.2, 0) is 4.79 Å². The molecule has 1 aromatic heterocycles. The van der Waals surface area contributed by atoms with Gasteiger partial charge in [-0.2, -0.15) is 0 Å². The lowest BCUT2D eigenvalue weighted by molar-refractivity contribution is -0.120. The molecule has 2 heterocycles. The molecule has 0 bridgehead atoms. The third-order valence-corrected chi connectivity index (χ3v) is 3.78. The Balaban J connectivity index is 1.75. The van der Waals surface area contributed by atoms with Crippen molar-refractivity contribution in [1.29, 1.82) is 0 Å². The Morgan fingerprint density at radius 3 is 3.10 bits per heavy atom. The lowest BCUT2D eigenvalue weighted by Crippen LogP contribution is -2.49. The first-order valence-electron chi connectivity index (χ1n) is 7.13. The minimum atomic E-state index is -0.0480. The van der Waals surface area contributed by atoms with E-state index in [0.717, 1.165) is 30.4 Å². The van der Waals surface area contributed by atoms with Gasteiger partial charge in [-0.3, -0.25) is 9.59 Å². The molecule has 110 valence electrons. The zero-order valence-corrected chi connectivity index (χ0v) is 11.9. The quantitative estimate of drug-likeness (QED) is 0.873. The summed E-state index contributed by atoms with van der Waals surface area (Å²) in [6, 6.07) is 5.52. The van der Waals surface area contributed by atoms with Crippen LogP contribution in [-0.4, -0.2) is 45.8 Å². The molecule has 1 aliphatic heterocycles. The van der Waals surface area contributed by atoms with Gasteiger partial charge in [0.25, 0.3) is 5.91 Å². The molecule has 1 aliphatic rings. The van der Waals surface area contributed by atoms with E-state index in [1.807, 2.05) is 17.0 Å². The van der Waals surface area contributed by atoms with E-state index in [1.54, 1.807) is 12.4 Å². The molecule has 1 fully saturated rings. The van der Waals surface area contributed by atoms with E-state index in [4.69, 9.17) is 0 Å². The van der Waals surface area contributed by atoms with E-state index in [9.17, 15) is 9.59 Å². The number of hydrogen-bond acceptors (Lipinski definition) is 3. The average Bonchev–Trinajstić information content (AvgIpc) is 2.93. The number of carbonyl (C=O) groups is 2. The van der Waals surface area contributed by atoms with Crippen molar-refractivity contribution in [1.82, 2.24) is 20.2 Å². The molecule has 0 saturated carbocycles. The third kappa shape index (κ3) is 2.89. The van der Waals surface area contributed by atoms with Crippen LogP contribution in [0.25, 0.3) is 11.0 Å². The van der Waals surface area contributed by atoms with Crippen LogP contribution in [0.4, 0.5) is 0 Å². The Labute approximate surface area is 122 Å². The Bertz CT molecular complexity index is 679. The predicted octanol–water partition coefficient (Wildman–Crippen LogP) is 1.30. The fraction of sp³-hybridized carbons (Fsp3) is 0.400. The van der Waals surface area contributed by atoms with Crippen molar-refractivity contribution in [3.05, 3.63) is 30.1 Å². The molecule has 6 heteroatoms. The Kier molecular flexibility index (Phi) is 3.60. The standard InChI is InChI=1S/C15H18N4O2/c1-10(20)18-12-3-2-6-19(8-12)15(21)11-4-5-13-14(7-11)17-9-16-13/h4-5,7,9,12H,2-3,6,8H2,1H3,(H,16,17)(H,18,20)/t12-/m0/s1. The second-order valence-electron chi connectivity index (χ2n) is 5.43. The minimum Gasteiger partial charge on any atom is -0.352 e. The van der Waals surface area contributed by atoms with Gasteiger partial charge in [-0.25, -0.2) is 4.98 Å². The fourth-order valence-electron chi connectivity index (χ4n) is 2.82. The number of rotatable bonds is 2. The average molecular weight is 286 g/mol. The van der Waals surface area contributed by atoms with Gasteiger partial charge in [0, 0.05) is 31.6 Å². The van der Waals surface area contributed by atoms with Crippen LogP contribution in [0.2, 0.25) is 0 Å². The van der Waals surface area contributed by atoms with Crippen molar-refractivity contribution >= 4 is 22.8 Å². The molecule has 21 heavy (non-hydrogen) atoms. The summed E-state index contributed by atoms with van der Waals surface area (Å²) in [7, 11) is 0. The number of amides is 2. The second kappa shape index (κ2) is 5.55. The molecule has 0 aliphatic carbocycles. The van der Waals surface area contributed by atoms with Gasteiger partial charge in [-0.05, 0) is 31.0 Å². The summed E-state index contributed by atoms with van der Waals surface area (Å²) in [5, 5.41) is 2.89. The number of aromatic amines is 1. The second-order valence-corrected chi connectivity index (χ2v) is 5.43. The molecule has 2 aromatic rings. The number of nitrogens with one attached hydrogen (secondary N) is 2. The highest BCUT2D eigenvalue weighted by atomic mass is 16.2. The molecule has 2 N–H and O–H groups in total. The smallest absolute Gasteiger partial charge is 0.254 e. The maximum Gasteiger partial charge on any atom is 0.254 e. The predicted molar refractivity (Wildman–Crippen MR) is 78.8 cm³/mol. The molecule has 1 aromatic carbocycles. The number of H-pyrrole nitrogens is 1. The van der Waals surface area contributed by atoms with Gasteiger partial charge in [0.2, 0.25) is 5.91 Å².